The number of ether oxygens (including phenoxy) is 2. The number of rotatable bonds is 7. The standard InChI is InChI=1S/C25H20F3NO5/c26-25(27,28)34-16-7-5-6-15(12-16)22(13-23(30)31)29-24(32)33-14-21-19-10-3-1-8-17(19)18-9-2-4-11-20(18)21/h1-12,21-22H,13-14H2,(H,29,32)(H,30,31). The van der Waals surface area contributed by atoms with Gasteiger partial charge >= 0.3 is 18.4 Å². The van der Waals surface area contributed by atoms with E-state index < -0.39 is 36.6 Å². The molecule has 1 unspecified atom stereocenters. The second-order valence-corrected chi connectivity index (χ2v) is 7.74. The predicted octanol–water partition coefficient (Wildman–Crippen LogP) is 5.64. The highest BCUT2D eigenvalue weighted by Gasteiger charge is 2.32. The van der Waals surface area contributed by atoms with Gasteiger partial charge in [0.25, 0.3) is 0 Å². The zero-order valence-corrected chi connectivity index (χ0v) is 17.7. The van der Waals surface area contributed by atoms with Crippen LogP contribution >= 0.6 is 0 Å². The zero-order valence-electron chi connectivity index (χ0n) is 17.7. The summed E-state index contributed by atoms with van der Waals surface area (Å²) >= 11 is 0. The van der Waals surface area contributed by atoms with Gasteiger partial charge in [0, 0.05) is 5.92 Å². The number of carbonyl (C=O) groups is 2. The van der Waals surface area contributed by atoms with Crippen molar-refractivity contribution in [1.82, 2.24) is 5.32 Å². The fraction of sp³-hybridized carbons (Fsp3) is 0.200. The molecule has 4 rings (SSSR count). The molecule has 0 aliphatic heterocycles. The normalized spacial score (nSPS) is 13.5. The fourth-order valence-electron chi connectivity index (χ4n) is 4.14. The lowest BCUT2D eigenvalue weighted by molar-refractivity contribution is -0.274. The number of halogens is 3. The van der Waals surface area contributed by atoms with Gasteiger partial charge in [0.05, 0.1) is 12.5 Å². The Kier molecular flexibility index (Phi) is 6.45. The smallest absolute Gasteiger partial charge is 0.481 e. The average Bonchev–Trinajstić information content (AvgIpc) is 3.10. The number of nitrogens with one attached hydrogen (secondary N) is 1. The van der Waals surface area contributed by atoms with Crippen molar-refractivity contribution in [1.29, 1.82) is 0 Å². The van der Waals surface area contributed by atoms with Crippen LogP contribution in [-0.4, -0.2) is 30.1 Å². The average molecular weight is 471 g/mol. The van der Waals surface area contributed by atoms with Crippen molar-refractivity contribution >= 4 is 12.1 Å². The summed E-state index contributed by atoms with van der Waals surface area (Å²) in [6.45, 7) is 0.0108. The summed E-state index contributed by atoms with van der Waals surface area (Å²) in [5, 5.41) is 11.7. The van der Waals surface area contributed by atoms with Crippen molar-refractivity contribution in [3.05, 3.63) is 89.5 Å². The Labute approximate surface area is 192 Å². The molecule has 1 atom stereocenters. The van der Waals surface area contributed by atoms with Gasteiger partial charge in [-0.15, -0.1) is 13.2 Å². The number of alkyl carbamates (subject to hydrolysis) is 1. The minimum absolute atomic E-state index is 0.0108. The lowest BCUT2D eigenvalue weighted by atomic mass is 9.98. The van der Waals surface area contributed by atoms with Gasteiger partial charge in [-0.1, -0.05) is 60.7 Å². The molecule has 0 fully saturated rings. The molecule has 176 valence electrons. The third-order valence-corrected chi connectivity index (χ3v) is 5.51. The fourth-order valence-corrected chi connectivity index (χ4v) is 4.14. The number of carboxylic acid groups (broad SMARTS) is 1. The molecule has 2 N–H and O–H groups in total. The maximum Gasteiger partial charge on any atom is 0.573 e. The number of hydrogen-bond acceptors (Lipinski definition) is 4. The topological polar surface area (TPSA) is 84.9 Å². The van der Waals surface area contributed by atoms with Gasteiger partial charge in [-0.2, -0.15) is 0 Å². The third kappa shape index (κ3) is 5.31. The second kappa shape index (κ2) is 9.46. The molecular formula is C25H20F3NO5. The number of aliphatic carboxylic acids is 1. The summed E-state index contributed by atoms with van der Waals surface area (Å²) in [7, 11) is 0. The number of benzene rings is 3. The monoisotopic (exact) mass is 471 g/mol. The number of carbonyl (C=O) groups excluding carboxylic acids is 1. The molecule has 6 nitrogen and oxygen atoms in total. The lowest BCUT2D eigenvalue weighted by Gasteiger charge is -2.20. The van der Waals surface area contributed by atoms with Crippen molar-refractivity contribution in [2.75, 3.05) is 6.61 Å². The van der Waals surface area contributed by atoms with Crippen LogP contribution in [0.3, 0.4) is 0 Å². The number of fused-ring (bicyclic) bond motifs is 3. The third-order valence-electron chi connectivity index (χ3n) is 5.51. The van der Waals surface area contributed by atoms with E-state index in [1.807, 2.05) is 48.5 Å². The molecule has 0 spiro atoms. The Morgan fingerprint density at radius 2 is 1.56 bits per heavy atom. The molecular weight excluding hydrogens is 451 g/mol. The minimum atomic E-state index is -4.90. The first-order valence-corrected chi connectivity index (χ1v) is 10.4. The van der Waals surface area contributed by atoms with Crippen molar-refractivity contribution in [2.24, 2.45) is 0 Å². The number of hydrogen-bond donors (Lipinski definition) is 2. The van der Waals surface area contributed by atoms with Gasteiger partial charge in [-0.25, -0.2) is 4.79 Å². The molecule has 0 saturated heterocycles. The highest BCUT2D eigenvalue weighted by Crippen LogP contribution is 2.44. The zero-order chi connectivity index (χ0) is 24.3. The number of alkyl halides is 3. The molecule has 34 heavy (non-hydrogen) atoms. The number of carboxylic acids is 1. The van der Waals surface area contributed by atoms with E-state index in [1.54, 1.807) is 0 Å². The van der Waals surface area contributed by atoms with Crippen LogP contribution in [0.15, 0.2) is 72.8 Å². The van der Waals surface area contributed by atoms with Crippen LogP contribution in [-0.2, 0) is 9.53 Å². The highest BCUT2D eigenvalue weighted by atomic mass is 19.4. The Hall–Kier alpha value is -4.01. The molecule has 0 aromatic heterocycles. The van der Waals surface area contributed by atoms with Crippen LogP contribution in [0.2, 0.25) is 0 Å². The highest BCUT2D eigenvalue weighted by molar-refractivity contribution is 5.79. The molecule has 0 heterocycles. The quantitative estimate of drug-likeness (QED) is 0.466. The summed E-state index contributed by atoms with van der Waals surface area (Å²) in [5.41, 5.74) is 4.26. The van der Waals surface area contributed by atoms with Crippen LogP contribution < -0.4 is 10.1 Å². The first kappa shape index (κ1) is 23.2. The van der Waals surface area contributed by atoms with E-state index in [1.165, 1.54) is 12.1 Å². The van der Waals surface area contributed by atoms with Gasteiger partial charge < -0.3 is 19.9 Å². The first-order valence-electron chi connectivity index (χ1n) is 10.4. The molecule has 3 aromatic carbocycles. The van der Waals surface area contributed by atoms with Crippen molar-refractivity contribution in [2.45, 2.75) is 24.7 Å². The molecule has 9 heteroatoms. The van der Waals surface area contributed by atoms with Gasteiger partial charge in [0.15, 0.2) is 0 Å². The van der Waals surface area contributed by atoms with E-state index in [0.29, 0.717) is 0 Å². The molecule has 3 aromatic rings. The van der Waals surface area contributed by atoms with Crippen molar-refractivity contribution in [3.63, 3.8) is 0 Å². The Balaban J connectivity index is 1.48. The van der Waals surface area contributed by atoms with E-state index >= 15 is 0 Å². The summed E-state index contributed by atoms with van der Waals surface area (Å²) in [5.74, 6) is -1.96. The molecule has 1 aliphatic carbocycles. The Morgan fingerprint density at radius 1 is 0.941 bits per heavy atom. The van der Waals surface area contributed by atoms with E-state index in [-0.39, 0.29) is 18.1 Å². The van der Waals surface area contributed by atoms with Crippen molar-refractivity contribution in [3.8, 4) is 16.9 Å². The van der Waals surface area contributed by atoms with E-state index in [2.05, 4.69) is 10.1 Å². The Bertz CT molecular complexity index is 1170. The summed E-state index contributed by atoms with van der Waals surface area (Å²) in [4.78, 5) is 23.9. The second-order valence-electron chi connectivity index (χ2n) is 7.74. The summed E-state index contributed by atoms with van der Waals surface area (Å²) < 4.78 is 47.0. The van der Waals surface area contributed by atoms with Crippen LogP contribution in [0.5, 0.6) is 5.75 Å². The van der Waals surface area contributed by atoms with Gasteiger partial charge in [-0.3, -0.25) is 4.79 Å². The van der Waals surface area contributed by atoms with Gasteiger partial charge in [-0.05, 0) is 39.9 Å². The van der Waals surface area contributed by atoms with E-state index in [4.69, 9.17) is 4.74 Å². The summed E-state index contributed by atoms with van der Waals surface area (Å²) in [6.07, 6.45) is -6.34. The van der Waals surface area contributed by atoms with Gasteiger partial charge in [0.1, 0.15) is 12.4 Å². The van der Waals surface area contributed by atoms with Crippen molar-refractivity contribution < 1.29 is 37.3 Å². The first-order chi connectivity index (χ1) is 16.2. The van der Waals surface area contributed by atoms with Crippen LogP contribution in [0.1, 0.15) is 35.1 Å². The van der Waals surface area contributed by atoms with E-state index in [0.717, 1.165) is 34.4 Å². The van der Waals surface area contributed by atoms with Crippen LogP contribution in [0.4, 0.5) is 18.0 Å². The number of amides is 1. The van der Waals surface area contributed by atoms with Gasteiger partial charge in [0.2, 0.25) is 0 Å². The molecule has 0 bridgehead atoms. The molecule has 0 radical (unpaired) electrons. The maximum absolute atomic E-state index is 12.6. The molecule has 1 amide bonds. The predicted molar refractivity (Wildman–Crippen MR) is 116 cm³/mol. The van der Waals surface area contributed by atoms with Crippen LogP contribution in [0, 0.1) is 0 Å². The SMILES string of the molecule is O=C(O)CC(NC(=O)OCC1c2ccccc2-c2ccccc21)c1cccc(OC(F)(F)F)c1. The lowest BCUT2D eigenvalue weighted by Crippen LogP contribution is -2.31. The molecule has 1 aliphatic rings. The maximum atomic E-state index is 12.6. The Morgan fingerprint density at radius 3 is 2.15 bits per heavy atom. The summed E-state index contributed by atoms with van der Waals surface area (Å²) in [6, 6.07) is 19.2. The van der Waals surface area contributed by atoms with Crippen LogP contribution in [0.25, 0.3) is 11.1 Å². The molecule has 0 saturated carbocycles. The van der Waals surface area contributed by atoms with E-state index in [9.17, 15) is 27.9 Å². The largest absolute Gasteiger partial charge is 0.573 e. The minimum Gasteiger partial charge on any atom is -0.481 e.